The quantitative estimate of drug-likeness (QED) is 0.938. The normalized spacial score (nSPS) is 11.5. The molecule has 0 radical (unpaired) electrons. The molecule has 0 unspecified atom stereocenters. The van der Waals surface area contributed by atoms with Crippen molar-refractivity contribution in [3.05, 3.63) is 40.8 Å². The second-order valence-electron chi connectivity index (χ2n) is 3.87. The highest BCUT2D eigenvalue weighted by atomic mass is 32.1. The third kappa shape index (κ3) is 3.31. The molecule has 0 aliphatic carbocycles. The molecule has 0 aliphatic heterocycles. The van der Waals surface area contributed by atoms with Gasteiger partial charge in [0, 0.05) is 10.9 Å². The van der Waals surface area contributed by atoms with Crippen LogP contribution in [0.2, 0.25) is 0 Å². The standard InChI is InChI=1S/C12H8F3NO2S/c13-12(14,15)5-7-2-1-3-8(4-7)10-9(11(17)18)6-19-16-10/h1-4,6H,5H2,(H,17,18). The lowest BCUT2D eigenvalue weighted by atomic mass is 10.0. The van der Waals surface area contributed by atoms with Crippen molar-refractivity contribution in [1.29, 1.82) is 0 Å². The van der Waals surface area contributed by atoms with E-state index in [9.17, 15) is 18.0 Å². The van der Waals surface area contributed by atoms with Gasteiger partial charge in [-0.05, 0) is 23.2 Å². The van der Waals surface area contributed by atoms with Gasteiger partial charge in [-0.1, -0.05) is 18.2 Å². The lowest BCUT2D eigenvalue weighted by Crippen LogP contribution is -2.11. The lowest BCUT2D eigenvalue weighted by molar-refractivity contribution is -0.127. The van der Waals surface area contributed by atoms with Crippen LogP contribution >= 0.6 is 11.5 Å². The minimum atomic E-state index is -4.30. The summed E-state index contributed by atoms with van der Waals surface area (Å²) in [4.78, 5) is 11.0. The Morgan fingerprint density at radius 1 is 1.37 bits per heavy atom. The smallest absolute Gasteiger partial charge is 0.393 e. The summed E-state index contributed by atoms with van der Waals surface area (Å²) in [6.07, 6.45) is -5.34. The first kappa shape index (κ1) is 13.5. The second-order valence-corrected chi connectivity index (χ2v) is 4.50. The first-order valence-electron chi connectivity index (χ1n) is 5.20. The van der Waals surface area contributed by atoms with Gasteiger partial charge < -0.3 is 5.11 Å². The van der Waals surface area contributed by atoms with Gasteiger partial charge in [0.05, 0.1) is 17.7 Å². The summed E-state index contributed by atoms with van der Waals surface area (Å²) in [6.45, 7) is 0. The highest BCUT2D eigenvalue weighted by Gasteiger charge is 2.27. The Balaban J connectivity index is 2.38. The predicted octanol–water partition coefficient (Wildman–Crippen LogP) is 3.61. The summed E-state index contributed by atoms with van der Waals surface area (Å²) in [7, 11) is 0. The van der Waals surface area contributed by atoms with Crippen molar-refractivity contribution in [2.45, 2.75) is 12.6 Å². The number of carbonyl (C=O) groups is 1. The van der Waals surface area contributed by atoms with Crippen molar-refractivity contribution in [3.63, 3.8) is 0 Å². The largest absolute Gasteiger partial charge is 0.478 e. The minimum Gasteiger partial charge on any atom is -0.478 e. The van der Waals surface area contributed by atoms with E-state index in [2.05, 4.69) is 4.37 Å². The molecule has 1 N–H and O–H groups in total. The molecule has 0 aliphatic rings. The van der Waals surface area contributed by atoms with Gasteiger partial charge in [-0.2, -0.15) is 17.5 Å². The Bertz CT molecular complexity index is 607. The van der Waals surface area contributed by atoms with Gasteiger partial charge in [-0.15, -0.1) is 0 Å². The number of hydrogen-bond donors (Lipinski definition) is 1. The van der Waals surface area contributed by atoms with Crippen molar-refractivity contribution >= 4 is 17.5 Å². The van der Waals surface area contributed by atoms with E-state index in [0.29, 0.717) is 5.56 Å². The summed E-state index contributed by atoms with van der Waals surface area (Å²) in [6, 6.07) is 5.67. The van der Waals surface area contributed by atoms with E-state index in [1.807, 2.05) is 0 Å². The molecule has 19 heavy (non-hydrogen) atoms. The van der Waals surface area contributed by atoms with Crippen molar-refractivity contribution < 1.29 is 23.1 Å². The van der Waals surface area contributed by atoms with Gasteiger partial charge in [0.15, 0.2) is 0 Å². The fraction of sp³-hybridized carbons (Fsp3) is 0.167. The second kappa shape index (κ2) is 5.00. The maximum Gasteiger partial charge on any atom is 0.393 e. The van der Waals surface area contributed by atoms with Crippen molar-refractivity contribution in [3.8, 4) is 11.3 Å². The summed E-state index contributed by atoms with van der Waals surface area (Å²) in [5, 5.41) is 10.3. The highest BCUT2D eigenvalue weighted by molar-refractivity contribution is 7.04. The maximum atomic E-state index is 12.3. The van der Waals surface area contributed by atoms with E-state index >= 15 is 0 Å². The van der Waals surface area contributed by atoms with Gasteiger partial charge in [0.25, 0.3) is 0 Å². The number of carboxylic acids is 1. The van der Waals surface area contributed by atoms with Crippen molar-refractivity contribution in [2.75, 3.05) is 0 Å². The first-order valence-corrected chi connectivity index (χ1v) is 6.04. The number of carboxylic acid groups (broad SMARTS) is 1. The Morgan fingerprint density at radius 3 is 2.74 bits per heavy atom. The van der Waals surface area contributed by atoms with E-state index in [0.717, 1.165) is 11.5 Å². The monoisotopic (exact) mass is 287 g/mol. The Hall–Kier alpha value is -1.89. The van der Waals surface area contributed by atoms with Crippen LogP contribution in [0.4, 0.5) is 13.2 Å². The number of rotatable bonds is 3. The van der Waals surface area contributed by atoms with Gasteiger partial charge in [0.2, 0.25) is 0 Å². The molecule has 1 heterocycles. The zero-order valence-corrected chi connectivity index (χ0v) is 10.3. The molecule has 0 fully saturated rings. The number of nitrogens with zero attached hydrogens (tertiary/aromatic N) is 1. The van der Waals surface area contributed by atoms with Crippen LogP contribution in [-0.2, 0) is 6.42 Å². The van der Waals surface area contributed by atoms with Crippen LogP contribution in [0.3, 0.4) is 0 Å². The molecule has 0 amide bonds. The van der Waals surface area contributed by atoms with E-state index in [1.165, 1.54) is 23.6 Å². The van der Waals surface area contributed by atoms with Crippen molar-refractivity contribution in [2.24, 2.45) is 0 Å². The molecule has 1 aromatic heterocycles. The topological polar surface area (TPSA) is 50.2 Å². The van der Waals surface area contributed by atoms with Crippen LogP contribution < -0.4 is 0 Å². The number of benzene rings is 1. The third-order valence-electron chi connectivity index (χ3n) is 2.41. The molecule has 7 heteroatoms. The Labute approximate surface area is 110 Å². The number of aromatic carboxylic acids is 1. The molecule has 1 aromatic carbocycles. The summed E-state index contributed by atoms with van der Waals surface area (Å²) in [5.41, 5.74) is 0.644. The molecule has 0 spiro atoms. The third-order valence-corrected chi connectivity index (χ3v) is 3.03. The number of aromatic nitrogens is 1. The van der Waals surface area contributed by atoms with Gasteiger partial charge in [-0.25, -0.2) is 4.79 Å². The first-order chi connectivity index (χ1) is 8.87. The average Bonchev–Trinajstić information content (AvgIpc) is 2.75. The van der Waals surface area contributed by atoms with E-state index in [1.54, 1.807) is 6.07 Å². The molecule has 100 valence electrons. The molecule has 2 aromatic rings. The molecular weight excluding hydrogens is 279 g/mol. The number of halogens is 3. The zero-order valence-electron chi connectivity index (χ0n) is 9.44. The fourth-order valence-corrected chi connectivity index (χ4v) is 2.34. The highest BCUT2D eigenvalue weighted by Crippen LogP contribution is 2.27. The Kier molecular flexibility index (Phi) is 3.57. The average molecular weight is 287 g/mol. The molecule has 0 atom stereocenters. The molecule has 2 rings (SSSR count). The van der Waals surface area contributed by atoms with Crippen LogP contribution in [0.1, 0.15) is 15.9 Å². The van der Waals surface area contributed by atoms with Crippen LogP contribution in [0.5, 0.6) is 0 Å². The summed E-state index contributed by atoms with van der Waals surface area (Å²) in [5.74, 6) is -1.15. The summed E-state index contributed by atoms with van der Waals surface area (Å²) < 4.78 is 40.9. The Morgan fingerprint density at radius 2 is 2.11 bits per heavy atom. The van der Waals surface area contributed by atoms with E-state index in [4.69, 9.17) is 5.11 Å². The molecule has 3 nitrogen and oxygen atoms in total. The number of alkyl halides is 3. The molecular formula is C12H8F3NO2S. The molecule has 0 bridgehead atoms. The predicted molar refractivity (Wildman–Crippen MR) is 64.3 cm³/mol. The molecule has 0 saturated carbocycles. The summed E-state index contributed by atoms with van der Waals surface area (Å²) >= 11 is 0.955. The fourth-order valence-electron chi connectivity index (χ4n) is 1.66. The van der Waals surface area contributed by atoms with E-state index < -0.39 is 18.6 Å². The zero-order chi connectivity index (χ0) is 14.0. The van der Waals surface area contributed by atoms with Crippen LogP contribution in [-0.4, -0.2) is 21.6 Å². The molecule has 0 saturated heterocycles. The van der Waals surface area contributed by atoms with Gasteiger partial charge >= 0.3 is 12.1 Å². The number of hydrogen-bond acceptors (Lipinski definition) is 3. The van der Waals surface area contributed by atoms with Gasteiger partial charge in [0.1, 0.15) is 0 Å². The van der Waals surface area contributed by atoms with Crippen LogP contribution in [0.15, 0.2) is 29.6 Å². The minimum absolute atomic E-state index is 0.00541. The maximum absolute atomic E-state index is 12.3. The van der Waals surface area contributed by atoms with Gasteiger partial charge in [-0.3, -0.25) is 0 Å². The van der Waals surface area contributed by atoms with Crippen molar-refractivity contribution in [1.82, 2.24) is 4.37 Å². The van der Waals surface area contributed by atoms with E-state index in [-0.39, 0.29) is 16.8 Å². The SMILES string of the molecule is O=C(O)c1csnc1-c1cccc(CC(F)(F)F)c1. The van der Waals surface area contributed by atoms with Crippen LogP contribution in [0, 0.1) is 0 Å². The van der Waals surface area contributed by atoms with Crippen LogP contribution in [0.25, 0.3) is 11.3 Å². The lowest BCUT2D eigenvalue weighted by Gasteiger charge is -2.07.